The van der Waals surface area contributed by atoms with Gasteiger partial charge in [0.25, 0.3) is 5.91 Å². The van der Waals surface area contributed by atoms with Gasteiger partial charge in [-0.1, -0.05) is 35.9 Å². The van der Waals surface area contributed by atoms with Crippen LogP contribution in [-0.2, 0) is 23.9 Å². The molecular formula is C30H39ClN2O6. The number of esters is 1. The molecule has 1 aromatic carbocycles. The van der Waals surface area contributed by atoms with Crippen LogP contribution in [0, 0.1) is 11.8 Å². The molecule has 1 aromatic rings. The zero-order valence-electron chi connectivity index (χ0n) is 22.6. The highest BCUT2D eigenvalue weighted by Crippen LogP contribution is 2.63. The number of hydrogen-bond donors (Lipinski definition) is 1. The number of benzene rings is 1. The number of carbonyl (C=O) groups is 3. The second-order valence-corrected chi connectivity index (χ2v) is 11.2. The van der Waals surface area contributed by atoms with Crippen LogP contribution in [0.2, 0.25) is 5.02 Å². The number of ether oxygens (including phenoxy) is 2. The Balaban J connectivity index is 1.69. The summed E-state index contributed by atoms with van der Waals surface area (Å²) in [6.07, 6.45) is 7.85. The summed E-state index contributed by atoms with van der Waals surface area (Å²) in [4.78, 5) is 45.1. The third-order valence-corrected chi connectivity index (χ3v) is 8.66. The van der Waals surface area contributed by atoms with Crippen molar-refractivity contribution < 1.29 is 29.0 Å². The van der Waals surface area contributed by atoms with Crippen LogP contribution in [0.1, 0.15) is 51.9 Å². The molecule has 2 unspecified atom stereocenters. The van der Waals surface area contributed by atoms with E-state index < -0.39 is 35.0 Å². The molecule has 3 aliphatic rings. The number of nitrogens with zero attached hydrogens (tertiary/aromatic N) is 2. The number of aliphatic hydroxyl groups is 1. The predicted octanol–water partition coefficient (Wildman–Crippen LogP) is 4.30. The number of allylic oxidation sites excluding steroid dienone is 1. The predicted molar refractivity (Wildman–Crippen MR) is 149 cm³/mol. The van der Waals surface area contributed by atoms with Gasteiger partial charge < -0.3 is 24.4 Å². The van der Waals surface area contributed by atoms with Gasteiger partial charge in [-0.15, -0.1) is 13.2 Å². The van der Waals surface area contributed by atoms with Crippen molar-refractivity contribution in [2.45, 2.75) is 69.1 Å². The van der Waals surface area contributed by atoms with Gasteiger partial charge in [-0.05, 0) is 64.0 Å². The molecule has 4 rings (SSSR count). The first-order valence-corrected chi connectivity index (χ1v) is 14.2. The molecule has 5 atom stereocenters. The second kappa shape index (κ2) is 12.2. The van der Waals surface area contributed by atoms with Crippen molar-refractivity contribution in [3.05, 3.63) is 54.6 Å². The highest BCUT2D eigenvalue weighted by molar-refractivity contribution is 6.34. The zero-order valence-corrected chi connectivity index (χ0v) is 23.4. The molecule has 3 heterocycles. The number of halogens is 1. The van der Waals surface area contributed by atoms with E-state index in [0.717, 1.165) is 12.8 Å². The van der Waals surface area contributed by atoms with Crippen LogP contribution in [0.5, 0.6) is 0 Å². The molecular weight excluding hydrogens is 520 g/mol. The Kier molecular flexibility index (Phi) is 9.19. The lowest BCUT2D eigenvalue weighted by atomic mass is 9.66. The van der Waals surface area contributed by atoms with Crippen LogP contribution in [-0.4, -0.2) is 71.3 Å². The number of unbranched alkanes of at least 4 members (excludes halogenated alkanes) is 3. The Bertz CT molecular complexity index is 1110. The number of rotatable bonds is 14. The maximum absolute atomic E-state index is 14.4. The summed E-state index contributed by atoms with van der Waals surface area (Å²) in [6.45, 7) is 10.1. The maximum Gasteiger partial charge on any atom is 0.312 e. The van der Waals surface area contributed by atoms with Gasteiger partial charge in [-0.3, -0.25) is 14.4 Å². The number of aliphatic hydroxyl groups excluding tert-OH is 1. The number of likely N-dealkylation sites (tertiary alicyclic amines) is 1. The van der Waals surface area contributed by atoms with E-state index in [9.17, 15) is 19.5 Å². The molecule has 1 N–H and O–H groups in total. The first kappa shape index (κ1) is 29.3. The number of para-hydroxylation sites is 1. The lowest BCUT2D eigenvalue weighted by molar-refractivity contribution is -0.159. The van der Waals surface area contributed by atoms with Gasteiger partial charge in [-0.25, -0.2) is 0 Å². The standard InChI is InChI=1S/C30H39ClN2O6/c1-4-6-7-12-20-38-28(37)24-23-26(35)33(18-10-11-19-34)25(30(23)16-15-29(24,3)39-30)27(36)32(17-5-2)22-14-9-8-13-21(22)31/h4-5,8-9,13-14,23-25,34H,1-2,6-7,10-12,15-20H2,3H3/t23-,24+,25?,29-,30?/m0/s1. The Labute approximate surface area is 235 Å². The van der Waals surface area contributed by atoms with Crippen LogP contribution in [0.25, 0.3) is 0 Å². The Morgan fingerprint density at radius 3 is 2.67 bits per heavy atom. The molecule has 8 nitrogen and oxygen atoms in total. The van der Waals surface area contributed by atoms with Gasteiger partial charge in [0, 0.05) is 19.7 Å². The summed E-state index contributed by atoms with van der Waals surface area (Å²) in [5, 5.41) is 9.78. The minimum Gasteiger partial charge on any atom is -0.465 e. The Hall–Kier alpha value is -2.68. The molecule has 3 saturated heterocycles. The molecule has 2 amide bonds. The SMILES string of the molecule is C=CCCCCOC(=O)[C@H]1[C@H]2C(=O)N(CCCCO)C(C(=O)N(CC=C)c3ccccc3Cl)C23CC[C@]1(C)O3. The maximum atomic E-state index is 14.4. The number of fused-ring (bicyclic) bond motifs is 1. The molecule has 2 bridgehead atoms. The number of hydrogen-bond acceptors (Lipinski definition) is 6. The molecule has 0 radical (unpaired) electrons. The molecule has 0 aliphatic carbocycles. The Morgan fingerprint density at radius 2 is 1.97 bits per heavy atom. The van der Waals surface area contributed by atoms with E-state index >= 15 is 0 Å². The van der Waals surface area contributed by atoms with Crippen molar-refractivity contribution in [2.24, 2.45) is 11.8 Å². The van der Waals surface area contributed by atoms with Crippen LogP contribution < -0.4 is 4.90 Å². The molecule has 1 spiro atoms. The van der Waals surface area contributed by atoms with Gasteiger partial charge >= 0.3 is 5.97 Å². The molecule has 0 aromatic heterocycles. The van der Waals surface area contributed by atoms with Gasteiger partial charge in [0.15, 0.2) is 0 Å². The molecule has 0 saturated carbocycles. The van der Waals surface area contributed by atoms with Crippen molar-refractivity contribution in [2.75, 3.05) is 31.2 Å². The minimum atomic E-state index is -1.16. The molecule has 3 fully saturated rings. The smallest absolute Gasteiger partial charge is 0.312 e. The third kappa shape index (κ3) is 5.26. The normalized spacial score (nSPS) is 28.8. The summed E-state index contributed by atoms with van der Waals surface area (Å²) in [5.41, 5.74) is -1.54. The number of carbonyl (C=O) groups excluding carboxylic acids is 3. The quantitative estimate of drug-likeness (QED) is 0.208. The van der Waals surface area contributed by atoms with Gasteiger partial charge in [-0.2, -0.15) is 0 Å². The van der Waals surface area contributed by atoms with E-state index in [1.807, 2.05) is 13.0 Å². The summed E-state index contributed by atoms with van der Waals surface area (Å²) < 4.78 is 12.3. The molecule has 3 aliphatic heterocycles. The van der Waals surface area contributed by atoms with Crippen LogP contribution in [0.4, 0.5) is 5.69 Å². The average molecular weight is 559 g/mol. The highest BCUT2D eigenvalue weighted by Gasteiger charge is 2.78. The minimum absolute atomic E-state index is 0.0210. The van der Waals surface area contributed by atoms with Crippen molar-refractivity contribution in [1.29, 1.82) is 0 Å². The fraction of sp³-hybridized carbons (Fsp3) is 0.567. The molecule has 212 valence electrons. The van der Waals surface area contributed by atoms with E-state index in [1.54, 1.807) is 35.2 Å². The van der Waals surface area contributed by atoms with E-state index in [2.05, 4.69) is 13.2 Å². The third-order valence-electron chi connectivity index (χ3n) is 8.34. The van der Waals surface area contributed by atoms with Gasteiger partial charge in [0.2, 0.25) is 5.91 Å². The fourth-order valence-corrected chi connectivity index (χ4v) is 6.84. The number of anilines is 1. The summed E-state index contributed by atoms with van der Waals surface area (Å²) in [7, 11) is 0. The highest BCUT2D eigenvalue weighted by atomic mass is 35.5. The van der Waals surface area contributed by atoms with Gasteiger partial charge in [0.05, 0.1) is 28.8 Å². The summed E-state index contributed by atoms with van der Waals surface area (Å²) in [5.74, 6) is -2.68. The van der Waals surface area contributed by atoms with Crippen molar-refractivity contribution in [3.63, 3.8) is 0 Å². The number of amides is 2. The van der Waals surface area contributed by atoms with E-state index in [-0.39, 0.29) is 38.1 Å². The first-order chi connectivity index (χ1) is 18.8. The lowest BCUT2D eigenvalue weighted by Crippen LogP contribution is -2.56. The largest absolute Gasteiger partial charge is 0.465 e. The lowest BCUT2D eigenvalue weighted by Gasteiger charge is -2.37. The Morgan fingerprint density at radius 1 is 1.21 bits per heavy atom. The van der Waals surface area contributed by atoms with Crippen molar-refractivity contribution in [1.82, 2.24) is 4.90 Å². The van der Waals surface area contributed by atoms with Crippen LogP contribution >= 0.6 is 11.6 Å². The van der Waals surface area contributed by atoms with Crippen molar-refractivity contribution in [3.8, 4) is 0 Å². The van der Waals surface area contributed by atoms with Crippen molar-refractivity contribution >= 4 is 35.1 Å². The summed E-state index contributed by atoms with van der Waals surface area (Å²) in [6, 6.07) is 6.10. The monoisotopic (exact) mass is 558 g/mol. The topological polar surface area (TPSA) is 96.4 Å². The van der Waals surface area contributed by atoms with Gasteiger partial charge in [0.1, 0.15) is 17.6 Å². The molecule has 9 heteroatoms. The first-order valence-electron chi connectivity index (χ1n) is 13.8. The second-order valence-electron chi connectivity index (χ2n) is 10.8. The van der Waals surface area contributed by atoms with Crippen LogP contribution in [0.3, 0.4) is 0 Å². The average Bonchev–Trinajstić information content (AvgIpc) is 3.48. The fourth-order valence-electron chi connectivity index (χ4n) is 6.60. The molecule has 39 heavy (non-hydrogen) atoms. The van der Waals surface area contributed by atoms with Crippen LogP contribution in [0.15, 0.2) is 49.6 Å². The van der Waals surface area contributed by atoms with E-state index in [0.29, 0.717) is 42.8 Å². The van der Waals surface area contributed by atoms with E-state index in [1.165, 1.54) is 4.90 Å². The van der Waals surface area contributed by atoms with E-state index in [4.69, 9.17) is 21.1 Å². The summed E-state index contributed by atoms with van der Waals surface area (Å²) >= 11 is 6.49. The zero-order chi connectivity index (χ0) is 28.2.